The molecule has 0 aliphatic carbocycles. The third-order valence-electron chi connectivity index (χ3n) is 11.4. The first-order valence-corrected chi connectivity index (χ1v) is 25.6. The first kappa shape index (κ1) is 53.6. The number of amides is 3. The number of carbonyl (C=O) groups excluding carboxylic acids is 4. The molecule has 0 aromatic carbocycles. The fourth-order valence-corrected chi connectivity index (χ4v) is 8.25. The van der Waals surface area contributed by atoms with Crippen LogP contribution in [-0.4, -0.2) is 83.5 Å². The van der Waals surface area contributed by atoms with Crippen LogP contribution >= 0.6 is 22.6 Å². The summed E-state index contributed by atoms with van der Waals surface area (Å²) in [6.45, 7) is 8.50. The molecule has 1 atom stereocenters. The first-order valence-electron chi connectivity index (χ1n) is 24.1. The Labute approximate surface area is 364 Å². The van der Waals surface area contributed by atoms with Crippen LogP contribution in [0.5, 0.6) is 0 Å². The van der Waals surface area contributed by atoms with Crippen LogP contribution in [0.15, 0.2) is 0 Å². The average molecular weight is 918 g/mol. The van der Waals surface area contributed by atoms with Crippen molar-refractivity contribution in [3.05, 3.63) is 0 Å². The minimum atomic E-state index is -0.275. The molecule has 3 amide bonds. The molecule has 1 unspecified atom stereocenters. The Morgan fingerprint density at radius 1 is 0.596 bits per heavy atom. The highest BCUT2D eigenvalue weighted by Crippen LogP contribution is 2.19. The van der Waals surface area contributed by atoms with Gasteiger partial charge in [-0.25, -0.2) is 4.79 Å². The minimum absolute atomic E-state index is 0.00836. The first-order chi connectivity index (χ1) is 27.9. The van der Waals surface area contributed by atoms with Crippen LogP contribution < -0.4 is 5.32 Å². The minimum Gasteiger partial charge on any atom is -0.466 e. The van der Waals surface area contributed by atoms with Gasteiger partial charge in [-0.1, -0.05) is 165 Å². The largest absolute Gasteiger partial charge is 0.466 e. The van der Waals surface area contributed by atoms with Gasteiger partial charge in [-0.15, -0.1) is 0 Å². The number of imide groups is 1. The molecule has 0 spiro atoms. The van der Waals surface area contributed by atoms with Gasteiger partial charge >= 0.3 is 18.0 Å². The maximum atomic E-state index is 12.8. The van der Waals surface area contributed by atoms with E-state index < -0.39 is 0 Å². The molecule has 57 heavy (non-hydrogen) atoms. The molecular formula is C47H88IN3O6. The van der Waals surface area contributed by atoms with Crippen molar-refractivity contribution in [1.82, 2.24) is 15.1 Å². The normalized spacial score (nSPS) is 13.4. The number of alkyl halides is 1. The molecule has 1 N–H and O–H groups in total. The monoisotopic (exact) mass is 918 g/mol. The second-order valence-corrected chi connectivity index (χ2v) is 17.8. The predicted molar refractivity (Wildman–Crippen MR) is 245 cm³/mol. The molecule has 334 valence electrons. The molecule has 1 rings (SSSR count). The van der Waals surface area contributed by atoms with Crippen LogP contribution in [0.4, 0.5) is 4.79 Å². The lowest BCUT2D eigenvalue weighted by Gasteiger charge is -2.23. The molecule has 0 aromatic heterocycles. The number of nitrogens with one attached hydrogen (secondary N) is 1. The zero-order valence-electron chi connectivity index (χ0n) is 37.1. The maximum Gasteiger partial charge on any atom is 0.324 e. The standard InChI is InChI=1S/C47H88IN3O6/c1-3-5-7-9-11-22-30-41-56-45(53)34-25-17-13-20-28-37-50(39-31-40-51-44(52)42-49-47(51)55)38-29-21-14-18-26-35-46(54)57-43(32-23-15-10-8-6-4-2)33-24-16-12-19-27-36-48/h43H,3-42H2,1-2H3,(H,49,55). The van der Waals surface area contributed by atoms with Gasteiger partial charge in [0, 0.05) is 19.4 Å². The zero-order chi connectivity index (χ0) is 41.4. The Kier molecular flexibility index (Phi) is 37.6. The Morgan fingerprint density at radius 2 is 1.05 bits per heavy atom. The smallest absolute Gasteiger partial charge is 0.324 e. The summed E-state index contributed by atoms with van der Waals surface area (Å²) < 4.78 is 12.7. The van der Waals surface area contributed by atoms with Crippen LogP contribution in [0.1, 0.15) is 226 Å². The van der Waals surface area contributed by atoms with E-state index in [-0.39, 0.29) is 36.5 Å². The molecule has 0 bridgehead atoms. The summed E-state index contributed by atoms with van der Waals surface area (Å²) in [6, 6.07) is -0.275. The number of esters is 2. The number of nitrogens with zero attached hydrogens (tertiary/aromatic N) is 2. The van der Waals surface area contributed by atoms with E-state index in [4.69, 9.17) is 9.47 Å². The van der Waals surface area contributed by atoms with Crippen molar-refractivity contribution >= 4 is 46.5 Å². The summed E-state index contributed by atoms with van der Waals surface area (Å²) in [5, 5.41) is 2.62. The lowest BCUT2D eigenvalue weighted by molar-refractivity contribution is -0.150. The van der Waals surface area contributed by atoms with Crippen molar-refractivity contribution < 1.29 is 28.7 Å². The number of carbonyl (C=O) groups is 4. The Bertz CT molecular complexity index is 953. The molecule has 1 aliphatic heterocycles. The van der Waals surface area contributed by atoms with Gasteiger partial charge in [-0.2, -0.15) is 0 Å². The van der Waals surface area contributed by atoms with Crippen molar-refractivity contribution in [2.45, 2.75) is 232 Å². The van der Waals surface area contributed by atoms with E-state index in [1.807, 2.05) is 0 Å². The van der Waals surface area contributed by atoms with E-state index >= 15 is 0 Å². The summed E-state index contributed by atoms with van der Waals surface area (Å²) in [4.78, 5) is 52.8. The second kappa shape index (κ2) is 40.0. The van der Waals surface area contributed by atoms with Gasteiger partial charge in [0.25, 0.3) is 0 Å². The number of rotatable bonds is 43. The van der Waals surface area contributed by atoms with Gasteiger partial charge in [-0.05, 0) is 94.7 Å². The number of unbranched alkanes of at least 4 members (excludes halogenated alkanes) is 23. The molecule has 0 radical (unpaired) electrons. The summed E-state index contributed by atoms with van der Waals surface area (Å²) in [5.74, 6) is -0.197. The van der Waals surface area contributed by atoms with Gasteiger partial charge < -0.3 is 19.7 Å². The topological polar surface area (TPSA) is 105 Å². The molecule has 1 aliphatic rings. The Morgan fingerprint density at radius 3 is 1.58 bits per heavy atom. The van der Waals surface area contributed by atoms with Gasteiger partial charge in [-0.3, -0.25) is 19.3 Å². The molecule has 1 saturated heterocycles. The highest BCUT2D eigenvalue weighted by atomic mass is 127. The lowest BCUT2D eigenvalue weighted by Crippen LogP contribution is -2.35. The third-order valence-corrected chi connectivity index (χ3v) is 12.1. The van der Waals surface area contributed by atoms with Crippen LogP contribution in [0.2, 0.25) is 0 Å². The van der Waals surface area contributed by atoms with Crippen LogP contribution in [0, 0.1) is 0 Å². The summed E-state index contributed by atoms with van der Waals surface area (Å²) in [7, 11) is 0. The number of hydrogen-bond donors (Lipinski definition) is 1. The summed E-state index contributed by atoms with van der Waals surface area (Å²) >= 11 is 2.46. The van der Waals surface area contributed by atoms with Gasteiger partial charge in [0.2, 0.25) is 5.91 Å². The quantitative estimate of drug-likeness (QED) is 0.0213. The van der Waals surface area contributed by atoms with Crippen LogP contribution in [-0.2, 0) is 23.9 Å². The van der Waals surface area contributed by atoms with Crippen molar-refractivity contribution in [3.8, 4) is 0 Å². The van der Waals surface area contributed by atoms with Crippen molar-refractivity contribution in [3.63, 3.8) is 0 Å². The van der Waals surface area contributed by atoms with E-state index in [1.165, 1.54) is 99.2 Å². The van der Waals surface area contributed by atoms with Gasteiger partial charge in [0.05, 0.1) is 13.2 Å². The van der Waals surface area contributed by atoms with Gasteiger partial charge in [0.15, 0.2) is 0 Å². The van der Waals surface area contributed by atoms with Crippen LogP contribution in [0.25, 0.3) is 0 Å². The Hall–Kier alpha value is -1.43. The molecule has 0 saturated carbocycles. The van der Waals surface area contributed by atoms with Gasteiger partial charge in [0.1, 0.15) is 6.10 Å². The maximum absolute atomic E-state index is 12.8. The van der Waals surface area contributed by atoms with E-state index in [9.17, 15) is 19.2 Å². The van der Waals surface area contributed by atoms with Crippen molar-refractivity contribution in [2.24, 2.45) is 0 Å². The number of ether oxygens (including phenoxy) is 2. The highest BCUT2D eigenvalue weighted by Gasteiger charge is 2.27. The zero-order valence-corrected chi connectivity index (χ0v) is 39.2. The van der Waals surface area contributed by atoms with E-state index in [2.05, 4.69) is 46.7 Å². The predicted octanol–water partition coefficient (Wildman–Crippen LogP) is 12.6. The third kappa shape index (κ3) is 33.0. The van der Waals surface area contributed by atoms with Crippen molar-refractivity contribution in [1.29, 1.82) is 0 Å². The number of urea groups is 1. The fourth-order valence-electron chi connectivity index (χ4n) is 7.71. The molecule has 0 aromatic rings. The average Bonchev–Trinajstić information content (AvgIpc) is 3.52. The molecule has 1 heterocycles. The second-order valence-electron chi connectivity index (χ2n) is 16.7. The van der Waals surface area contributed by atoms with E-state index in [0.29, 0.717) is 26.0 Å². The molecule has 1 fully saturated rings. The number of halogens is 1. The van der Waals surface area contributed by atoms with Crippen molar-refractivity contribution in [2.75, 3.05) is 43.8 Å². The molecule has 9 nitrogen and oxygen atoms in total. The fraction of sp³-hybridized carbons (Fsp3) is 0.915. The SMILES string of the molecule is CCCCCCCCCOC(=O)CCCCCCCN(CCCCCCCC(=O)OC(CCCCCCCC)CCCCCCCI)CCCN1C(=O)CNC1=O. The lowest BCUT2D eigenvalue weighted by atomic mass is 10.0. The molecule has 10 heteroatoms. The van der Waals surface area contributed by atoms with E-state index in [1.54, 1.807) is 0 Å². The highest BCUT2D eigenvalue weighted by molar-refractivity contribution is 14.1. The molecular weight excluding hydrogens is 829 g/mol. The summed E-state index contributed by atoms with van der Waals surface area (Å²) in [5.41, 5.74) is 0. The summed E-state index contributed by atoms with van der Waals surface area (Å²) in [6.07, 6.45) is 37.0. The Balaban J connectivity index is 2.31. The van der Waals surface area contributed by atoms with E-state index in [0.717, 1.165) is 129 Å². The number of hydrogen-bond acceptors (Lipinski definition) is 7. The van der Waals surface area contributed by atoms with Crippen LogP contribution in [0.3, 0.4) is 0 Å².